The van der Waals surface area contributed by atoms with E-state index in [4.69, 9.17) is 0 Å². The van der Waals surface area contributed by atoms with Gasteiger partial charge in [0.15, 0.2) is 5.96 Å². The Balaban J connectivity index is 0.00000261. The molecule has 1 fully saturated rings. The highest BCUT2D eigenvalue weighted by Crippen LogP contribution is 2.13. The molecule has 7 nitrogen and oxygen atoms in total. The van der Waals surface area contributed by atoms with Gasteiger partial charge in [-0.3, -0.25) is 4.79 Å². The number of nitrogens with zero attached hydrogens (tertiary/aromatic N) is 4. The van der Waals surface area contributed by atoms with Crippen LogP contribution in [0.25, 0.3) is 5.65 Å². The number of imidazole rings is 1. The number of amides is 1. The molecule has 3 rings (SSSR count). The van der Waals surface area contributed by atoms with Crippen LogP contribution in [0.1, 0.15) is 32.4 Å². The zero-order valence-electron chi connectivity index (χ0n) is 15.6. The average Bonchev–Trinajstić information content (AvgIpc) is 3.25. The summed E-state index contributed by atoms with van der Waals surface area (Å²) < 4.78 is 3.00. The van der Waals surface area contributed by atoms with Crippen molar-refractivity contribution in [3.63, 3.8) is 0 Å². The second kappa shape index (κ2) is 10.3. The number of aliphatic imine (C=N–C) groups is 1. The van der Waals surface area contributed by atoms with Crippen LogP contribution < -0.4 is 10.6 Å². The summed E-state index contributed by atoms with van der Waals surface area (Å²) >= 11 is 3.47. The third-order valence-electron chi connectivity index (χ3n) is 4.39. The highest BCUT2D eigenvalue weighted by Gasteiger charge is 2.25. The van der Waals surface area contributed by atoms with Gasteiger partial charge in [0.1, 0.15) is 5.65 Å². The van der Waals surface area contributed by atoms with Crippen LogP contribution >= 0.6 is 39.9 Å². The van der Waals surface area contributed by atoms with Crippen LogP contribution in [0, 0.1) is 0 Å². The first-order valence-corrected chi connectivity index (χ1v) is 9.84. The van der Waals surface area contributed by atoms with Crippen LogP contribution in [0.4, 0.5) is 0 Å². The first kappa shape index (κ1) is 21.9. The van der Waals surface area contributed by atoms with Crippen LogP contribution in [-0.4, -0.2) is 51.8 Å². The molecule has 1 aliphatic rings. The van der Waals surface area contributed by atoms with E-state index in [-0.39, 0.29) is 35.9 Å². The fourth-order valence-corrected chi connectivity index (χ4v) is 3.45. The Hall–Kier alpha value is -1.36. The van der Waals surface area contributed by atoms with Crippen molar-refractivity contribution in [1.82, 2.24) is 24.9 Å². The van der Waals surface area contributed by atoms with Crippen LogP contribution in [0.5, 0.6) is 0 Å². The smallest absolute Gasteiger partial charge is 0.222 e. The Morgan fingerprint density at radius 3 is 2.93 bits per heavy atom. The zero-order chi connectivity index (χ0) is 18.5. The number of nitrogens with one attached hydrogen (secondary N) is 2. The van der Waals surface area contributed by atoms with E-state index in [2.05, 4.69) is 36.5 Å². The molecule has 27 heavy (non-hydrogen) atoms. The SMILES string of the molecule is CCNC(=NCc1cn2cc(Br)ccc2n1)NC1CCN(C(=O)CC)C1.I. The van der Waals surface area contributed by atoms with Crippen molar-refractivity contribution < 1.29 is 4.79 Å². The highest BCUT2D eigenvalue weighted by atomic mass is 127. The maximum absolute atomic E-state index is 11.8. The van der Waals surface area contributed by atoms with Gasteiger partial charge in [0, 0.05) is 49.0 Å². The minimum Gasteiger partial charge on any atom is -0.357 e. The van der Waals surface area contributed by atoms with Gasteiger partial charge in [0.2, 0.25) is 5.91 Å². The van der Waals surface area contributed by atoms with Crippen molar-refractivity contribution in [2.24, 2.45) is 4.99 Å². The number of hydrogen-bond acceptors (Lipinski definition) is 3. The van der Waals surface area contributed by atoms with E-state index in [1.54, 1.807) is 0 Å². The van der Waals surface area contributed by atoms with Crippen LogP contribution in [0.15, 0.2) is 34.0 Å². The van der Waals surface area contributed by atoms with Gasteiger partial charge in [-0.05, 0) is 41.4 Å². The molecule has 2 N–H and O–H groups in total. The molecular formula is C18H26BrIN6O. The maximum Gasteiger partial charge on any atom is 0.222 e. The molecule has 1 aliphatic heterocycles. The van der Waals surface area contributed by atoms with Crippen molar-refractivity contribution in [1.29, 1.82) is 0 Å². The Morgan fingerprint density at radius 1 is 1.37 bits per heavy atom. The van der Waals surface area contributed by atoms with Crippen molar-refractivity contribution in [2.45, 2.75) is 39.3 Å². The number of hydrogen-bond donors (Lipinski definition) is 2. The number of guanidine groups is 1. The molecule has 3 heterocycles. The molecule has 1 amide bonds. The van der Waals surface area contributed by atoms with Crippen LogP contribution in [0.3, 0.4) is 0 Å². The Kier molecular flexibility index (Phi) is 8.33. The quantitative estimate of drug-likeness (QED) is 0.342. The van der Waals surface area contributed by atoms with Crippen molar-refractivity contribution in [2.75, 3.05) is 19.6 Å². The van der Waals surface area contributed by atoms with Crippen LogP contribution in [0.2, 0.25) is 0 Å². The topological polar surface area (TPSA) is 74.0 Å². The molecule has 0 aromatic carbocycles. The summed E-state index contributed by atoms with van der Waals surface area (Å²) in [6, 6.07) is 4.18. The molecule has 0 spiro atoms. The van der Waals surface area contributed by atoms with E-state index in [1.807, 2.05) is 47.7 Å². The number of halogens is 2. The monoisotopic (exact) mass is 548 g/mol. The number of carbonyl (C=O) groups is 1. The molecular weight excluding hydrogens is 523 g/mol. The lowest BCUT2D eigenvalue weighted by atomic mass is 10.3. The van der Waals surface area contributed by atoms with E-state index >= 15 is 0 Å². The molecule has 1 saturated heterocycles. The van der Waals surface area contributed by atoms with Gasteiger partial charge < -0.3 is 19.9 Å². The standard InChI is InChI=1S/C18H25BrN6O.HI/c1-3-17(26)24-8-7-14(11-24)23-18(20-4-2)21-9-15-12-25-10-13(19)5-6-16(25)22-15;/h5-6,10,12,14H,3-4,7-9,11H2,1-2H3,(H2,20,21,23);1H. The summed E-state index contributed by atoms with van der Waals surface area (Å²) in [4.78, 5) is 23.0. The first-order valence-electron chi connectivity index (χ1n) is 9.04. The lowest BCUT2D eigenvalue weighted by Crippen LogP contribution is -2.45. The molecule has 0 aliphatic carbocycles. The Labute approximate surface area is 185 Å². The average molecular weight is 549 g/mol. The molecule has 2 aromatic rings. The minimum absolute atomic E-state index is 0. The summed E-state index contributed by atoms with van der Waals surface area (Å²) in [6.45, 7) is 6.78. The second-order valence-electron chi connectivity index (χ2n) is 6.36. The largest absolute Gasteiger partial charge is 0.357 e. The van der Waals surface area contributed by atoms with Crippen molar-refractivity contribution in [3.8, 4) is 0 Å². The number of fused-ring (bicyclic) bond motifs is 1. The van der Waals surface area contributed by atoms with E-state index in [0.717, 1.165) is 47.8 Å². The van der Waals surface area contributed by atoms with Gasteiger partial charge in [-0.1, -0.05) is 6.92 Å². The van der Waals surface area contributed by atoms with Gasteiger partial charge in [-0.25, -0.2) is 9.98 Å². The second-order valence-corrected chi connectivity index (χ2v) is 7.28. The fourth-order valence-electron chi connectivity index (χ4n) is 3.10. The Morgan fingerprint density at radius 2 is 2.19 bits per heavy atom. The third kappa shape index (κ3) is 5.81. The van der Waals surface area contributed by atoms with E-state index < -0.39 is 0 Å². The predicted molar refractivity (Wildman–Crippen MR) is 122 cm³/mol. The van der Waals surface area contributed by atoms with Gasteiger partial charge in [0.05, 0.1) is 12.2 Å². The summed E-state index contributed by atoms with van der Waals surface area (Å²) in [6.07, 6.45) is 5.48. The Bertz CT molecular complexity index is 808. The normalized spacial score (nSPS) is 17.1. The van der Waals surface area contributed by atoms with Gasteiger partial charge in [0.25, 0.3) is 0 Å². The van der Waals surface area contributed by atoms with E-state index in [0.29, 0.717) is 13.0 Å². The number of likely N-dealkylation sites (tertiary alicyclic amines) is 1. The van der Waals surface area contributed by atoms with E-state index in [9.17, 15) is 4.79 Å². The summed E-state index contributed by atoms with van der Waals surface area (Å²) in [5.74, 6) is 0.980. The van der Waals surface area contributed by atoms with Gasteiger partial charge in [-0.15, -0.1) is 24.0 Å². The molecule has 0 saturated carbocycles. The fraction of sp³-hybridized carbons (Fsp3) is 0.500. The number of aromatic nitrogens is 2. The van der Waals surface area contributed by atoms with Gasteiger partial charge >= 0.3 is 0 Å². The zero-order valence-corrected chi connectivity index (χ0v) is 19.5. The lowest BCUT2D eigenvalue weighted by molar-refractivity contribution is -0.129. The summed E-state index contributed by atoms with van der Waals surface area (Å²) in [7, 11) is 0. The molecule has 9 heteroatoms. The number of carbonyl (C=O) groups excluding carboxylic acids is 1. The van der Waals surface area contributed by atoms with Crippen LogP contribution in [-0.2, 0) is 11.3 Å². The number of rotatable bonds is 5. The van der Waals surface area contributed by atoms with Crippen molar-refractivity contribution >= 4 is 57.4 Å². The minimum atomic E-state index is 0. The molecule has 1 unspecified atom stereocenters. The van der Waals surface area contributed by atoms with E-state index in [1.165, 1.54) is 0 Å². The van der Waals surface area contributed by atoms with Gasteiger partial charge in [-0.2, -0.15) is 0 Å². The molecule has 148 valence electrons. The summed E-state index contributed by atoms with van der Waals surface area (Å²) in [5.41, 5.74) is 1.82. The van der Waals surface area contributed by atoms with Crippen molar-refractivity contribution in [3.05, 3.63) is 34.7 Å². The highest BCUT2D eigenvalue weighted by molar-refractivity contribution is 14.0. The summed E-state index contributed by atoms with van der Waals surface area (Å²) in [5, 5.41) is 6.72. The lowest BCUT2D eigenvalue weighted by Gasteiger charge is -2.18. The molecule has 2 aromatic heterocycles. The molecule has 0 radical (unpaired) electrons. The number of pyridine rings is 1. The third-order valence-corrected chi connectivity index (χ3v) is 4.86. The molecule has 1 atom stereocenters. The maximum atomic E-state index is 11.8. The predicted octanol–water partition coefficient (Wildman–Crippen LogP) is 2.78. The molecule has 0 bridgehead atoms. The first-order chi connectivity index (χ1) is 12.6.